The summed E-state index contributed by atoms with van der Waals surface area (Å²) in [5.41, 5.74) is -0.555. The van der Waals surface area contributed by atoms with Gasteiger partial charge in [0.15, 0.2) is 0 Å². The third-order valence-corrected chi connectivity index (χ3v) is 2.11. The van der Waals surface area contributed by atoms with E-state index in [4.69, 9.17) is 4.74 Å². The van der Waals surface area contributed by atoms with Gasteiger partial charge in [-0.1, -0.05) is 26.7 Å². The minimum atomic E-state index is -0.555. The molecule has 0 saturated heterocycles. The molecule has 0 aliphatic rings. The number of nitrogens with one attached hydrogen (secondary N) is 1. The third kappa shape index (κ3) is 5.22. The predicted molar refractivity (Wildman–Crippen MR) is 58.2 cm³/mol. The molecule has 84 valence electrons. The number of hydrogen-bond donors (Lipinski definition) is 1. The van der Waals surface area contributed by atoms with Crippen LogP contribution in [-0.4, -0.2) is 24.7 Å². The Morgan fingerprint density at radius 1 is 1.29 bits per heavy atom. The van der Waals surface area contributed by atoms with Gasteiger partial charge in [0.25, 0.3) is 0 Å². The van der Waals surface area contributed by atoms with Crippen LogP contribution in [0.1, 0.15) is 47.0 Å². The molecule has 14 heavy (non-hydrogen) atoms. The van der Waals surface area contributed by atoms with Crippen molar-refractivity contribution in [1.29, 1.82) is 0 Å². The van der Waals surface area contributed by atoms with Crippen LogP contribution in [0.25, 0.3) is 0 Å². The molecule has 0 fully saturated rings. The smallest absolute Gasteiger partial charge is 0.325 e. The maximum Gasteiger partial charge on any atom is 0.325 e. The van der Waals surface area contributed by atoms with Crippen molar-refractivity contribution < 1.29 is 9.53 Å². The van der Waals surface area contributed by atoms with Crippen molar-refractivity contribution in [2.75, 3.05) is 13.2 Å². The van der Waals surface area contributed by atoms with Crippen LogP contribution in [0.3, 0.4) is 0 Å². The van der Waals surface area contributed by atoms with Crippen LogP contribution in [0.15, 0.2) is 0 Å². The Morgan fingerprint density at radius 3 is 2.43 bits per heavy atom. The molecule has 1 N–H and O–H groups in total. The molecule has 3 heteroatoms. The lowest BCUT2D eigenvalue weighted by Gasteiger charge is -2.23. The Balaban J connectivity index is 3.71. The van der Waals surface area contributed by atoms with Crippen LogP contribution in [0, 0.1) is 0 Å². The zero-order valence-electron chi connectivity index (χ0n) is 9.85. The fraction of sp³-hybridized carbons (Fsp3) is 0.909. The van der Waals surface area contributed by atoms with E-state index in [9.17, 15) is 4.79 Å². The van der Waals surface area contributed by atoms with Crippen molar-refractivity contribution in [2.45, 2.75) is 52.5 Å². The van der Waals surface area contributed by atoms with E-state index in [2.05, 4.69) is 12.2 Å². The van der Waals surface area contributed by atoms with Crippen LogP contribution >= 0.6 is 0 Å². The monoisotopic (exact) mass is 201 g/mol. The Morgan fingerprint density at radius 2 is 1.93 bits per heavy atom. The molecule has 0 aromatic heterocycles. The fourth-order valence-electron chi connectivity index (χ4n) is 1.21. The summed E-state index contributed by atoms with van der Waals surface area (Å²) in [4.78, 5) is 11.5. The average molecular weight is 201 g/mol. The van der Waals surface area contributed by atoms with Crippen molar-refractivity contribution in [2.24, 2.45) is 0 Å². The lowest BCUT2D eigenvalue weighted by atomic mass is 10.1. The van der Waals surface area contributed by atoms with Gasteiger partial charge in [-0.05, 0) is 26.8 Å². The van der Waals surface area contributed by atoms with E-state index in [1.165, 1.54) is 0 Å². The largest absolute Gasteiger partial charge is 0.464 e. The molecule has 0 heterocycles. The maximum absolute atomic E-state index is 11.5. The first-order valence-electron chi connectivity index (χ1n) is 5.46. The molecule has 0 saturated carbocycles. The van der Waals surface area contributed by atoms with Gasteiger partial charge >= 0.3 is 5.97 Å². The van der Waals surface area contributed by atoms with E-state index in [0.717, 1.165) is 25.8 Å². The summed E-state index contributed by atoms with van der Waals surface area (Å²) in [6, 6.07) is 0. The van der Waals surface area contributed by atoms with Gasteiger partial charge in [-0.15, -0.1) is 0 Å². The van der Waals surface area contributed by atoms with Crippen molar-refractivity contribution in [3.05, 3.63) is 0 Å². The number of carbonyl (C=O) groups excluding carboxylic acids is 1. The Bertz CT molecular complexity index is 167. The van der Waals surface area contributed by atoms with Crippen molar-refractivity contribution in [1.82, 2.24) is 5.32 Å². The van der Waals surface area contributed by atoms with E-state index in [-0.39, 0.29) is 5.97 Å². The van der Waals surface area contributed by atoms with Gasteiger partial charge in [-0.2, -0.15) is 0 Å². The topological polar surface area (TPSA) is 38.3 Å². The van der Waals surface area contributed by atoms with Gasteiger partial charge in [0.2, 0.25) is 0 Å². The second-order valence-corrected chi connectivity index (χ2v) is 4.00. The van der Waals surface area contributed by atoms with E-state index >= 15 is 0 Å². The lowest BCUT2D eigenvalue weighted by Crippen LogP contribution is -2.47. The zero-order valence-corrected chi connectivity index (χ0v) is 9.85. The Kier molecular flexibility index (Phi) is 6.54. The highest BCUT2D eigenvalue weighted by atomic mass is 16.5. The SMILES string of the molecule is CCCCCOC(=O)C(C)(C)NCC. The zero-order chi connectivity index (χ0) is 11.0. The summed E-state index contributed by atoms with van der Waals surface area (Å²) in [5, 5.41) is 3.09. The molecule has 0 rings (SSSR count). The van der Waals surface area contributed by atoms with Crippen LogP contribution < -0.4 is 5.32 Å². The van der Waals surface area contributed by atoms with Crippen molar-refractivity contribution in [3.63, 3.8) is 0 Å². The lowest BCUT2D eigenvalue weighted by molar-refractivity contribution is -0.150. The quantitative estimate of drug-likeness (QED) is 0.506. The highest BCUT2D eigenvalue weighted by Gasteiger charge is 2.27. The van der Waals surface area contributed by atoms with Crippen LogP contribution in [-0.2, 0) is 9.53 Å². The molecule has 0 aromatic carbocycles. The van der Waals surface area contributed by atoms with Gasteiger partial charge in [0.05, 0.1) is 6.61 Å². The standard InChI is InChI=1S/C11H23NO2/c1-5-7-8-9-14-10(13)11(3,4)12-6-2/h12H,5-9H2,1-4H3. The maximum atomic E-state index is 11.5. The normalized spacial score (nSPS) is 11.4. The molecule has 0 unspecified atom stereocenters. The fourth-order valence-corrected chi connectivity index (χ4v) is 1.21. The Hall–Kier alpha value is -0.570. The molecule has 0 spiro atoms. The molecular formula is C11H23NO2. The molecule has 0 aromatic rings. The van der Waals surface area contributed by atoms with E-state index in [1.54, 1.807) is 0 Å². The molecule has 0 aliphatic carbocycles. The second kappa shape index (κ2) is 6.82. The minimum absolute atomic E-state index is 0.157. The number of rotatable bonds is 7. The first-order valence-corrected chi connectivity index (χ1v) is 5.46. The van der Waals surface area contributed by atoms with Crippen LogP contribution in [0.5, 0.6) is 0 Å². The summed E-state index contributed by atoms with van der Waals surface area (Å²) in [7, 11) is 0. The number of carbonyl (C=O) groups is 1. The summed E-state index contributed by atoms with van der Waals surface area (Å²) in [5.74, 6) is -0.157. The van der Waals surface area contributed by atoms with Crippen molar-refractivity contribution >= 4 is 5.97 Å². The molecule has 0 amide bonds. The van der Waals surface area contributed by atoms with Crippen molar-refractivity contribution in [3.8, 4) is 0 Å². The van der Waals surface area contributed by atoms with Crippen LogP contribution in [0.4, 0.5) is 0 Å². The minimum Gasteiger partial charge on any atom is -0.464 e. The summed E-state index contributed by atoms with van der Waals surface area (Å²) in [6.07, 6.45) is 3.23. The molecule has 0 aliphatic heterocycles. The predicted octanol–water partition coefficient (Wildman–Crippen LogP) is 2.11. The molecule has 3 nitrogen and oxygen atoms in total. The number of esters is 1. The highest BCUT2D eigenvalue weighted by molar-refractivity contribution is 5.79. The summed E-state index contributed by atoms with van der Waals surface area (Å²) in [6.45, 7) is 9.12. The number of ether oxygens (including phenoxy) is 1. The number of likely N-dealkylation sites (N-methyl/N-ethyl adjacent to an activating group) is 1. The average Bonchev–Trinajstić information content (AvgIpc) is 2.12. The molecule has 0 bridgehead atoms. The van der Waals surface area contributed by atoms with E-state index in [0.29, 0.717) is 6.61 Å². The van der Waals surface area contributed by atoms with Gasteiger partial charge < -0.3 is 10.1 Å². The van der Waals surface area contributed by atoms with Gasteiger partial charge in [-0.25, -0.2) is 0 Å². The van der Waals surface area contributed by atoms with Crippen LogP contribution in [0.2, 0.25) is 0 Å². The first-order chi connectivity index (χ1) is 6.54. The summed E-state index contributed by atoms with van der Waals surface area (Å²) >= 11 is 0. The van der Waals surface area contributed by atoms with Gasteiger partial charge in [0, 0.05) is 0 Å². The van der Waals surface area contributed by atoms with E-state index < -0.39 is 5.54 Å². The molecule has 0 atom stereocenters. The van der Waals surface area contributed by atoms with Gasteiger partial charge in [-0.3, -0.25) is 4.79 Å². The Labute approximate surface area is 87.2 Å². The molecular weight excluding hydrogens is 178 g/mol. The first kappa shape index (κ1) is 13.4. The summed E-state index contributed by atoms with van der Waals surface area (Å²) < 4.78 is 5.16. The second-order valence-electron chi connectivity index (χ2n) is 4.00. The number of unbranched alkanes of at least 4 members (excludes halogenated alkanes) is 2. The molecule has 0 radical (unpaired) electrons. The third-order valence-electron chi connectivity index (χ3n) is 2.11. The highest BCUT2D eigenvalue weighted by Crippen LogP contribution is 2.05. The number of hydrogen-bond acceptors (Lipinski definition) is 3. The van der Waals surface area contributed by atoms with E-state index in [1.807, 2.05) is 20.8 Å². The van der Waals surface area contributed by atoms with Gasteiger partial charge in [0.1, 0.15) is 5.54 Å².